The van der Waals surface area contributed by atoms with E-state index in [2.05, 4.69) is 23.3 Å². The zero-order valence-corrected chi connectivity index (χ0v) is 13.1. The molecule has 0 aromatic carbocycles. The van der Waals surface area contributed by atoms with Gasteiger partial charge in [-0.05, 0) is 54.5 Å². The van der Waals surface area contributed by atoms with E-state index in [4.69, 9.17) is 0 Å². The Balaban J connectivity index is 1.65. The molecule has 1 N–H and O–H groups in total. The average molecular weight is 300 g/mol. The van der Waals surface area contributed by atoms with Crippen LogP contribution in [-0.4, -0.2) is 10.9 Å². The van der Waals surface area contributed by atoms with Crippen LogP contribution in [0.25, 0.3) is 0 Å². The van der Waals surface area contributed by atoms with Crippen molar-refractivity contribution in [3.8, 4) is 0 Å². The van der Waals surface area contributed by atoms with Crippen molar-refractivity contribution in [3.63, 3.8) is 0 Å². The lowest BCUT2D eigenvalue weighted by atomic mass is 9.87. The van der Waals surface area contributed by atoms with Crippen molar-refractivity contribution in [3.05, 3.63) is 51.5 Å². The molecule has 2 aromatic heterocycles. The van der Waals surface area contributed by atoms with E-state index in [1.165, 1.54) is 23.3 Å². The Hall–Kier alpha value is -1.68. The predicted molar refractivity (Wildman–Crippen MR) is 85.5 cm³/mol. The molecular weight excluding hydrogens is 280 g/mol. The van der Waals surface area contributed by atoms with Crippen LogP contribution in [0, 0.1) is 5.92 Å². The van der Waals surface area contributed by atoms with E-state index in [1.807, 2.05) is 12.1 Å². The summed E-state index contributed by atoms with van der Waals surface area (Å²) >= 11 is 1.67. The Morgan fingerprint density at radius 2 is 2.24 bits per heavy atom. The molecule has 1 amide bonds. The van der Waals surface area contributed by atoms with Crippen molar-refractivity contribution < 1.29 is 4.79 Å². The van der Waals surface area contributed by atoms with Crippen molar-refractivity contribution in [2.75, 3.05) is 0 Å². The van der Waals surface area contributed by atoms with Crippen LogP contribution >= 0.6 is 11.3 Å². The van der Waals surface area contributed by atoms with Crippen LogP contribution in [0.2, 0.25) is 0 Å². The molecular formula is C17H20N2OS. The molecule has 0 saturated carbocycles. The van der Waals surface area contributed by atoms with Gasteiger partial charge in [0.2, 0.25) is 0 Å². The molecule has 0 fully saturated rings. The lowest BCUT2D eigenvalue weighted by molar-refractivity contribution is 0.0955. The highest BCUT2D eigenvalue weighted by Crippen LogP contribution is 2.33. The van der Waals surface area contributed by atoms with Crippen molar-refractivity contribution in [1.29, 1.82) is 0 Å². The van der Waals surface area contributed by atoms with Crippen LogP contribution in [0.1, 0.15) is 45.4 Å². The van der Waals surface area contributed by atoms with Gasteiger partial charge in [0.05, 0.1) is 4.88 Å². The van der Waals surface area contributed by atoms with Gasteiger partial charge < -0.3 is 5.32 Å². The summed E-state index contributed by atoms with van der Waals surface area (Å²) in [7, 11) is 0. The first-order valence-corrected chi connectivity index (χ1v) is 8.36. The zero-order valence-electron chi connectivity index (χ0n) is 12.3. The molecule has 0 unspecified atom stereocenters. The van der Waals surface area contributed by atoms with Gasteiger partial charge in [0.25, 0.3) is 5.91 Å². The van der Waals surface area contributed by atoms with Crippen molar-refractivity contribution in [2.45, 2.75) is 39.2 Å². The minimum atomic E-state index is 0.0410. The second-order valence-corrected chi connectivity index (χ2v) is 6.75. The summed E-state index contributed by atoms with van der Waals surface area (Å²) in [6, 6.07) is 5.95. The molecule has 110 valence electrons. The average Bonchev–Trinajstić information content (AvgIpc) is 2.96. The molecule has 2 heterocycles. The molecule has 0 saturated heterocycles. The SMILES string of the molecule is CC[C@@H]1CCc2sc(C(=O)NCc3ccncc3)cc2C1. The summed E-state index contributed by atoms with van der Waals surface area (Å²) in [5, 5.41) is 2.99. The van der Waals surface area contributed by atoms with E-state index >= 15 is 0 Å². The normalized spacial score (nSPS) is 17.3. The number of aromatic nitrogens is 1. The Labute approximate surface area is 129 Å². The summed E-state index contributed by atoms with van der Waals surface area (Å²) in [6.45, 7) is 2.81. The standard InChI is InChI=1S/C17H20N2OS/c1-2-12-3-4-15-14(9-12)10-16(21-15)17(20)19-11-13-5-7-18-8-6-13/h5-8,10,12H,2-4,9,11H2,1H3,(H,19,20)/t12-/m1/s1. The van der Waals surface area contributed by atoms with E-state index in [1.54, 1.807) is 23.7 Å². The molecule has 2 aromatic rings. The Morgan fingerprint density at radius 3 is 3.00 bits per heavy atom. The molecule has 1 aliphatic carbocycles. The highest BCUT2D eigenvalue weighted by molar-refractivity contribution is 7.14. The third-order valence-electron chi connectivity index (χ3n) is 4.19. The monoisotopic (exact) mass is 300 g/mol. The smallest absolute Gasteiger partial charge is 0.261 e. The minimum absolute atomic E-state index is 0.0410. The van der Waals surface area contributed by atoms with Crippen LogP contribution in [0.15, 0.2) is 30.6 Å². The number of hydrogen-bond acceptors (Lipinski definition) is 3. The first-order chi connectivity index (χ1) is 10.3. The third kappa shape index (κ3) is 3.32. The number of thiophene rings is 1. The Bertz CT molecular complexity index is 621. The highest BCUT2D eigenvalue weighted by Gasteiger charge is 2.21. The molecule has 0 radical (unpaired) electrons. The molecule has 3 nitrogen and oxygen atoms in total. The van der Waals surface area contributed by atoms with Gasteiger partial charge in [0.1, 0.15) is 0 Å². The van der Waals surface area contributed by atoms with Crippen molar-refractivity contribution in [2.24, 2.45) is 5.92 Å². The van der Waals surface area contributed by atoms with Crippen LogP contribution in [0.5, 0.6) is 0 Å². The number of nitrogens with zero attached hydrogens (tertiary/aromatic N) is 1. The molecule has 4 heteroatoms. The number of hydrogen-bond donors (Lipinski definition) is 1. The fourth-order valence-electron chi connectivity index (χ4n) is 2.83. The topological polar surface area (TPSA) is 42.0 Å². The summed E-state index contributed by atoms with van der Waals surface area (Å²) in [5.41, 5.74) is 2.47. The van der Waals surface area contributed by atoms with Crippen LogP contribution in [0.4, 0.5) is 0 Å². The van der Waals surface area contributed by atoms with Crippen LogP contribution in [0.3, 0.4) is 0 Å². The number of aryl methyl sites for hydroxylation is 1. The van der Waals surface area contributed by atoms with Gasteiger partial charge in [-0.15, -0.1) is 11.3 Å². The molecule has 1 atom stereocenters. The second-order valence-electron chi connectivity index (χ2n) is 5.61. The van der Waals surface area contributed by atoms with Crippen molar-refractivity contribution >= 4 is 17.2 Å². The fourth-order valence-corrected chi connectivity index (χ4v) is 3.95. The first-order valence-electron chi connectivity index (χ1n) is 7.55. The van der Waals surface area contributed by atoms with Gasteiger partial charge in [-0.3, -0.25) is 9.78 Å². The van der Waals surface area contributed by atoms with Gasteiger partial charge in [-0.2, -0.15) is 0 Å². The van der Waals surface area contributed by atoms with Gasteiger partial charge in [-0.25, -0.2) is 0 Å². The van der Waals surface area contributed by atoms with Gasteiger partial charge in [0.15, 0.2) is 0 Å². The molecule has 21 heavy (non-hydrogen) atoms. The lowest BCUT2D eigenvalue weighted by Gasteiger charge is -2.19. The zero-order chi connectivity index (χ0) is 14.7. The summed E-state index contributed by atoms with van der Waals surface area (Å²) in [5.74, 6) is 0.832. The van der Waals surface area contributed by atoms with E-state index < -0.39 is 0 Å². The number of nitrogens with one attached hydrogen (secondary N) is 1. The maximum atomic E-state index is 12.3. The largest absolute Gasteiger partial charge is 0.347 e. The number of amides is 1. The first kappa shape index (κ1) is 14.3. The number of pyridine rings is 1. The predicted octanol–water partition coefficient (Wildman–Crippen LogP) is 3.59. The number of rotatable bonds is 4. The second kappa shape index (κ2) is 6.39. The summed E-state index contributed by atoms with van der Waals surface area (Å²) < 4.78 is 0. The van der Waals surface area contributed by atoms with Gasteiger partial charge >= 0.3 is 0 Å². The molecule has 0 spiro atoms. The van der Waals surface area contributed by atoms with E-state index in [0.717, 1.165) is 29.2 Å². The Kier molecular flexibility index (Phi) is 4.34. The van der Waals surface area contributed by atoms with Crippen LogP contribution < -0.4 is 5.32 Å². The van der Waals surface area contributed by atoms with E-state index in [0.29, 0.717) is 6.54 Å². The Morgan fingerprint density at radius 1 is 1.43 bits per heavy atom. The summed E-state index contributed by atoms with van der Waals surface area (Å²) in [4.78, 5) is 18.5. The van der Waals surface area contributed by atoms with Crippen molar-refractivity contribution in [1.82, 2.24) is 10.3 Å². The maximum Gasteiger partial charge on any atom is 0.261 e. The molecule has 0 bridgehead atoms. The fraction of sp³-hybridized carbons (Fsp3) is 0.412. The number of fused-ring (bicyclic) bond motifs is 1. The number of carbonyl (C=O) groups excluding carboxylic acids is 1. The third-order valence-corrected chi connectivity index (χ3v) is 5.42. The van der Waals surface area contributed by atoms with Gasteiger partial charge in [0, 0.05) is 23.8 Å². The van der Waals surface area contributed by atoms with Crippen LogP contribution in [-0.2, 0) is 19.4 Å². The van der Waals surface area contributed by atoms with Gasteiger partial charge in [-0.1, -0.05) is 13.3 Å². The lowest BCUT2D eigenvalue weighted by Crippen LogP contribution is -2.21. The number of carbonyl (C=O) groups is 1. The minimum Gasteiger partial charge on any atom is -0.347 e. The molecule has 1 aliphatic rings. The molecule has 0 aliphatic heterocycles. The summed E-state index contributed by atoms with van der Waals surface area (Å²) in [6.07, 6.45) is 8.27. The van der Waals surface area contributed by atoms with E-state index in [-0.39, 0.29) is 5.91 Å². The molecule has 3 rings (SSSR count). The maximum absolute atomic E-state index is 12.3. The van der Waals surface area contributed by atoms with E-state index in [9.17, 15) is 4.79 Å². The quantitative estimate of drug-likeness (QED) is 0.937. The highest BCUT2D eigenvalue weighted by atomic mass is 32.1.